The van der Waals surface area contributed by atoms with Gasteiger partial charge in [-0.3, -0.25) is 38.6 Å². The van der Waals surface area contributed by atoms with E-state index < -0.39 is 0 Å². The summed E-state index contributed by atoms with van der Waals surface area (Å²) in [7, 11) is 0. The van der Waals surface area contributed by atoms with E-state index in [0.717, 1.165) is 75.3 Å². The van der Waals surface area contributed by atoms with Gasteiger partial charge in [-0.05, 0) is 104 Å². The number of nitrogens with one attached hydrogen (secondary N) is 2. The summed E-state index contributed by atoms with van der Waals surface area (Å²) in [6, 6.07) is 24.2. The van der Waals surface area contributed by atoms with Gasteiger partial charge in [0.2, 0.25) is 0 Å². The molecule has 0 saturated heterocycles. The van der Waals surface area contributed by atoms with E-state index in [9.17, 15) is 28.8 Å². The molecule has 4 aliphatic rings. The van der Waals surface area contributed by atoms with Gasteiger partial charge < -0.3 is 10.6 Å². The molecule has 0 radical (unpaired) electrons. The number of amides is 6. The number of nitrogens with zero attached hydrogens (tertiary/aromatic N) is 2. The largest absolute Gasteiger partial charge is 0.322 e. The fourth-order valence-corrected chi connectivity index (χ4v) is 8.20. The number of anilines is 2. The van der Waals surface area contributed by atoms with Crippen LogP contribution in [0.3, 0.4) is 0 Å². The van der Waals surface area contributed by atoms with Gasteiger partial charge in [-0.25, -0.2) is 0 Å². The molecule has 2 saturated carbocycles. The normalized spacial score (nSPS) is 17.6. The van der Waals surface area contributed by atoms with Crippen molar-refractivity contribution in [3.63, 3.8) is 0 Å². The molecular weight excluding hydrogens is 668 g/mol. The summed E-state index contributed by atoms with van der Waals surface area (Å²) in [6.45, 7) is 0. The topological polar surface area (TPSA) is 133 Å². The predicted octanol–water partition coefficient (Wildman–Crippen LogP) is 7.64. The highest BCUT2D eigenvalue weighted by Crippen LogP contribution is 2.33. The minimum Gasteiger partial charge on any atom is -0.322 e. The Hall–Kier alpha value is -5.90. The van der Waals surface area contributed by atoms with Crippen LogP contribution in [0.2, 0.25) is 0 Å². The van der Waals surface area contributed by atoms with E-state index in [1.807, 2.05) is 48.5 Å². The monoisotopic (exact) mass is 708 g/mol. The molecule has 0 spiro atoms. The molecule has 2 heterocycles. The second-order valence-corrected chi connectivity index (χ2v) is 14.5. The molecule has 2 aliphatic heterocycles. The van der Waals surface area contributed by atoms with E-state index in [0.29, 0.717) is 40.0 Å². The third-order valence-electron chi connectivity index (χ3n) is 11.1. The van der Waals surface area contributed by atoms with Crippen molar-refractivity contribution in [2.45, 2.75) is 82.7 Å². The molecule has 2 fully saturated rings. The highest BCUT2D eigenvalue weighted by atomic mass is 16.2. The summed E-state index contributed by atoms with van der Waals surface area (Å²) in [6.07, 6.45) is 10.2. The van der Waals surface area contributed by atoms with Gasteiger partial charge in [0.05, 0.1) is 22.3 Å². The SMILES string of the molecule is O=C(Nc1ccc(Cc2ccc(NC(=O)c3ccc4c(c3)C(=O)N(C3CCCCC3)C4=O)cc2)cc1)c1ccc2c(c1)C(=O)N(C1CCCCC1)C2=O. The molecule has 0 bridgehead atoms. The Kier molecular flexibility index (Phi) is 9.20. The number of benzene rings is 4. The van der Waals surface area contributed by atoms with Crippen LogP contribution < -0.4 is 10.6 Å². The van der Waals surface area contributed by atoms with Crippen molar-refractivity contribution in [3.8, 4) is 0 Å². The van der Waals surface area contributed by atoms with Crippen LogP contribution in [-0.4, -0.2) is 57.3 Å². The van der Waals surface area contributed by atoms with Crippen molar-refractivity contribution in [3.05, 3.63) is 129 Å². The zero-order valence-electron chi connectivity index (χ0n) is 29.4. The summed E-state index contributed by atoms with van der Waals surface area (Å²) < 4.78 is 0. The zero-order chi connectivity index (χ0) is 36.6. The number of carbonyl (C=O) groups excluding carboxylic acids is 6. The summed E-state index contributed by atoms with van der Waals surface area (Å²) in [5.41, 5.74) is 5.14. The van der Waals surface area contributed by atoms with E-state index in [1.165, 1.54) is 21.9 Å². The predicted molar refractivity (Wildman–Crippen MR) is 199 cm³/mol. The molecule has 0 aromatic heterocycles. The van der Waals surface area contributed by atoms with E-state index in [4.69, 9.17) is 0 Å². The van der Waals surface area contributed by atoms with Crippen LogP contribution >= 0.6 is 0 Å². The molecule has 4 aromatic rings. The molecule has 2 aliphatic carbocycles. The number of fused-ring (bicyclic) bond motifs is 2. The first kappa shape index (κ1) is 34.2. The molecule has 6 amide bonds. The fraction of sp³-hybridized carbons (Fsp3) is 0.302. The first-order valence-electron chi connectivity index (χ1n) is 18.6. The number of imide groups is 2. The van der Waals surface area contributed by atoms with Crippen molar-refractivity contribution in [2.75, 3.05) is 10.6 Å². The summed E-state index contributed by atoms with van der Waals surface area (Å²) in [5.74, 6) is -1.90. The Morgan fingerprint density at radius 1 is 0.472 bits per heavy atom. The van der Waals surface area contributed by atoms with Crippen LogP contribution in [0.5, 0.6) is 0 Å². The van der Waals surface area contributed by atoms with Gasteiger partial charge in [-0.1, -0.05) is 62.8 Å². The summed E-state index contributed by atoms with van der Waals surface area (Å²) in [5, 5.41) is 5.78. The number of rotatable bonds is 8. The van der Waals surface area contributed by atoms with E-state index in [2.05, 4.69) is 10.6 Å². The molecule has 53 heavy (non-hydrogen) atoms. The van der Waals surface area contributed by atoms with Crippen LogP contribution in [-0.2, 0) is 6.42 Å². The maximum absolute atomic E-state index is 13.2. The molecule has 2 N–H and O–H groups in total. The van der Waals surface area contributed by atoms with Crippen LogP contribution in [0.4, 0.5) is 11.4 Å². The van der Waals surface area contributed by atoms with Gasteiger partial charge in [0.15, 0.2) is 0 Å². The van der Waals surface area contributed by atoms with Gasteiger partial charge >= 0.3 is 0 Å². The van der Waals surface area contributed by atoms with Gasteiger partial charge in [-0.2, -0.15) is 0 Å². The quantitative estimate of drug-likeness (QED) is 0.181. The lowest BCUT2D eigenvalue weighted by molar-refractivity contribution is 0.0533. The standard InChI is InChI=1S/C43H40N4O6/c48-38(28-15-21-34-36(24-28)42(52)46(40(34)50)32-7-3-1-4-8-32)44-30-17-11-26(12-18-30)23-27-13-19-31(20-14-27)45-39(49)29-16-22-35-37(25-29)43(53)47(41(35)51)33-9-5-2-6-10-33/h11-22,24-25,32-33H,1-10,23H2,(H,44,48)(H,45,49). The lowest BCUT2D eigenvalue weighted by Crippen LogP contribution is -2.40. The van der Waals surface area contributed by atoms with Crippen molar-refractivity contribution in [1.82, 2.24) is 9.80 Å². The Morgan fingerprint density at radius 3 is 1.21 bits per heavy atom. The van der Waals surface area contributed by atoms with Crippen LogP contribution in [0.15, 0.2) is 84.9 Å². The molecule has 268 valence electrons. The fourth-order valence-electron chi connectivity index (χ4n) is 8.20. The smallest absolute Gasteiger partial charge is 0.261 e. The Morgan fingerprint density at radius 2 is 0.830 bits per heavy atom. The number of hydrogen-bond acceptors (Lipinski definition) is 6. The zero-order valence-corrected chi connectivity index (χ0v) is 29.4. The second-order valence-electron chi connectivity index (χ2n) is 14.5. The van der Waals surface area contributed by atoms with E-state index in [1.54, 1.807) is 24.3 Å². The molecule has 8 rings (SSSR count). The molecule has 0 atom stereocenters. The Bertz CT molecular complexity index is 1990. The minimum atomic E-state index is -0.365. The minimum absolute atomic E-state index is 0.0763. The summed E-state index contributed by atoms with van der Waals surface area (Å²) >= 11 is 0. The average molecular weight is 709 g/mol. The van der Waals surface area contributed by atoms with Crippen LogP contribution in [0.25, 0.3) is 0 Å². The number of carbonyl (C=O) groups is 6. The van der Waals surface area contributed by atoms with Crippen LogP contribution in [0.1, 0.15) is 137 Å². The lowest BCUT2D eigenvalue weighted by Gasteiger charge is -2.29. The van der Waals surface area contributed by atoms with Crippen LogP contribution in [0, 0.1) is 0 Å². The summed E-state index contributed by atoms with van der Waals surface area (Å²) in [4.78, 5) is 81.5. The van der Waals surface area contributed by atoms with Gasteiger partial charge in [-0.15, -0.1) is 0 Å². The molecule has 10 nitrogen and oxygen atoms in total. The Labute approximate surface area is 307 Å². The second kappa shape index (κ2) is 14.3. The molecule has 10 heteroatoms. The van der Waals surface area contributed by atoms with Gasteiger partial charge in [0.25, 0.3) is 35.4 Å². The molecular formula is C43H40N4O6. The average Bonchev–Trinajstić information content (AvgIpc) is 3.59. The first-order valence-corrected chi connectivity index (χ1v) is 18.6. The first-order chi connectivity index (χ1) is 25.7. The van der Waals surface area contributed by atoms with Crippen molar-refractivity contribution >= 4 is 46.8 Å². The van der Waals surface area contributed by atoms with E-state index >= 15 is 0 Å². The highest BCUT2D eigenvalue weighted by molar-refractivity contribution is 6.23. The van der Waals surface area contributed by atoms with Crippen molar-refractivity contribution in [1.29, 1.82) is 0 Å². The highest BCUT2D eigenvalue weighted by Gasteiger charge is 2.42. The van der Waals surface area contributed by atoms with Crippen molar-refractivity contribution < 1.29 is 28.8 Å². The van der Waals surface area contributed by atoms with Gasteiger partial charge in [0, 0.05) is 34.6 Å². The van der Waals surface area contributed by atoms with Crippen molar-refractivity contribution in [2.24, 2.45) is 0 Å². The maximum atomic E-state index is 13.2. The molecule has 4 aromatic carbocycles. The molecule has 0 unspecified atom stereocenters. The number of hydrogen-bond donors (Lipinski definition) is 2. The van der Waals surface area contributed by atoms with E-state index in [-0.39, 0.29) is 58.7 Å². The van der Waals surface area contributed by atoms with Gasteiger partial charge in [0.1, 0.15) is 0 Å². The Balaban J connectivity index is 0.858. The third kappa shape index (κ3) is 6.65. The third-order valence-corrected chi connectivity index (χ3v) is 11.1. The maximum Gasteiger partial charge on any atom is 0.261 e. The lowest BCUT2D eigenvalue weighted by atomic mass is 9.94.